The van der Waals surface area contributed by atoms with E-state index in [1.165, 1.54) is 15.6 Å². The number of halogens is 1. The van der Waals surface area contributed by atoms with Crippen LogP contribution in [0.4, 0.5) is 0 Å². The smallest absolute Gasteiger partial charge is 0.191 e. The quantitative estimate of drug-likeness (QED) is 0.304. The molecule has 3 aromatic rings. The van der Waals surface area contributed by atoms with Crippen LogP contribution < -0.4 is 10.6 Å². The molecule has 1 atom stereocenters. The van der Waals surface area contributed by atoms with Gasteiger partial charge in [0.2, 0.25) is 0 Å². The van der Waals surface area contributed by atoms with Crippen LogP contribution in [-0.4, -0.2) is 34.4 Å². The SMILES string of the molecule is CN=C(NCc1csc2ccccc12)NCC(O)c1cnn(C)c1.I. The van der Waals surface area contributed by atoms with E-state index in [2.05, 4.69) is 50.4 Å². The summed E-state index contributed by atoms with van der Waals surface area (Å²) >= 11 is 1.74. The Morgan fingerprint density at radius 3 is 2.88 bits per heavy atom. The zero-order valence-corrected chi connectivity index (χ0v) is 17.3. The molecule has 8 heteroatoms. The molecule has 0 aliphatic carbocycles. The van der Waals surface area contributed by atoms with Crippen LogP contribution >= 0.6 is 35.3 Å². The number of aromatic nitrogens is 2. The van der Waals surface area contributed by atoms with E-state index in [-0.39, 0.29) is 24.0 Å². The van der Waals surface area contributed by atoms with Crippen molar-refractivity contribution < 1.29 is 5.11 Å². The number of fused-ring (bicyclic) bond motifs is 1. The topological polar surface area (TPSA) is 74.5 Å². The molecule has 0 radical (unpaired) electrons. The third-order valence-electron chi connectivity index (χ3n) is 3.80. The minimum Gasteiger partial charge on any atom is -0.386 e. The van der Waals surface area contributed by atoms with Gasteiger partial charge in [0.25, 0.3) is 0 Å². The Balaban J connectivity index is 0.00000225. The van der Waals surface area contributed by atoms with Crippen LogP contribution in [0.15, 0.2) is 47.0 Å². The largest absolute Gasteiger partial charge is 0.386 e. The number of aliphatic imine (C=N–C) groups is 1. The third-order valence-corrected chi connectivity index (χ3v) is 4.82. The maximum atomic E-state index is 10.2. The zero-order chi connectivity index (χ0) is 16.9. The molecule has 0 amide bonds. The number of thiophene rings is 1. The molecule has 0 fully saturated rings. The number of benzene rings is 1. The van der Waals surface area contributed by atoms with Gasteiger partial charge in [-0.25, -0.2) is 0 Å². The first-order valence-electron chi connectivity index (χ1n) is 7.73. The molecule has 0 saturated heterocycles. The highest BCUT2D eigenvalue weighted by Crippen LogP contribution is 2.25. The highest BCUT2D eigenvalue weighted by Gasteiger charge is 2.10. The molecule has 0 aliphatic rings. The molecule has 0 bridgehead atoms. The Morgan fingerprint density at radius 2 is 2.16 bits per heavy atom. The standard InChI is InChI=1S/C17H21N5OS.HI/c1-18-17(20-9-15(23)12-8-21-22(2)10-12)19-7-13-11-24-16-6-4-3-5-14(13)16;/h3-6,8,10-11,15,23H,7,9H2,1-2H3,(H2,18,19,20);1H. The molecule has 6 nitrogen and oxygen atoms in total. The number of aliphatic hydroxyl groups is 1. The van der Waals surface area contributed by atoms with E-state index in [4.69, 9.17) is 0 Å². The van der Waals surface area contributed by atoms with E-state index in [0.29, 0.717) is 19.0 Å². The van der Waals surface area contributed by atoms with Crippen molar-refractivity contribution in [1.82, 2.24) is 20.4 Å². The lowest BCUT2D eigenvalue weighted by Crippen LogP contribution is -2.38. The number of hydrogen-bond donors (Lipinski definition) is 3. The van der Waals surface area contributed by atoms with Crippen molar-refractivity contribution >= 4 is 51.4 Å². The van der Waals surface area contributed by atoms with E-state index in [1.807, 2.05) is 7.05 Å². The molecule has 0 aliphatic heterocycles. The van der Waals surface area contributed by atoms with Crippen molar-refractivity contribution in [3.8, 4) is 0 Å². The molecule has 134 valence electrons. The fourth-order valence-corrected chi connectivity index (χ4v) is 3.46. The molecule has 25 heavy (non-hydrogen) atoms. The van der Waals surface area contributed by atoms with Crippen molar-refractivity contribution in [2.45, 2.75) is 12.6 Å². The lowest BCUT2D eigenvalue weighted by atomic mass is 10.2. The van der Waals surface area contributed by atoms with Gasteiger partial charge in [0.15, 0.2) is 5.96 Å². The maximum absolute atomic E-state index is 10.2. The highest BCUT2D eigenvalue weighted by molar-refractivity contribution is 14.0. The monoisotopic (exact) mass is 471 g/mol. The molecule has 1 aromatic carbocycles. The van der Waals surface area contributed by atoms with E-state index in [0.717, 1.165) is 5.56 Å². The predicted octanol–water partition coefficient (Wildman–Crippen LogP) is 2.65. The fourth-order valence-electron chi connectivity index (χ4n) is 2.49. The number of aryl methyl sites for hydroxylation is 1. The van der Waals surface area contributed by atoms with Gasteiger partial charge >= 0.3 is 0 Å². The molecular weight excluding hydrogens is 449 g/mol. The summed E-state index contributed by atoms with van der Waals surface area (Å²) in [5.74, 6) is 0.660. The third kappa shape index (κ3) is 4.93. The van der Waals surface area contributed by atoms with Gasteiger partial charge < -0.3 is 15.7 Å². The van der Waals surface area contributed by atoms with E-state index < -0.39 is 6.10 Å². The Labute approximate surface area is 168 Å². The average molecular weight is 471 g/mol. The van der Waals surface area contributed by atoms with Crippen LogP contribution in [0.5, 0.6) is 0 Å². The summed E-state index contributed by atoms with van der Waals surface area (Å²) in [7, 11) is 3.55. The molecule has 3 rings (SSSR count). The van der Waals surface area contributed by atoms with Crippen molar-refractivity contribution in [3.05, 3.63) is 53.2 Å². The lowest BCUT2D eigenvalue weighted by molar-refractivity contribution is 0.180. The zero-order valence-electron chi connectivity index (χ0n) is 14.1. The molecule has 0 saturated carbocycles. The van der Waals surface area contributed by atoms with Gasteiger partial charge in [-0.1, -0.05) is 18.2 Å². The second-order valence-corrected chi connectivity index (χ2v) is 6.44. The summed E-state index contributed by atoms with van der Waals surface area (Å²) in [6.45, 7) is 1.06. The van der Waals surface area contributed by atoms with Crippen LogP contribution in [0.2, 0.25) is 0 Å². The number of hydrogen-bond acceptors (Lipinski definition) is 4. The number of nitrogens with one attached hydrogen (secondary N) is 2. The molecule has 2 heterocycles. The van der Waals surface area contributed by atoms with Crippen LogP contribution in [0.25, 0.3) is 10.1 Å². The van der Waals surface area contributed by atoms with Gasteiger partial charge in [-0.05, 0) is 22.4 Å². The first-order chi connectivity index (χ1) is 11.7. The highest BCUT2D eigenvalue weighted by atomic mass is 127. The summed E-state index contributed by atoms with van der Waals surface area (Å²) < 4.78 is 2.96. The Hall–Kier alpha value is -1.65. The molecular formula is C17H22IN5OS. The van der Waals surface area contributed by atoms with E-state index in [1.54, 1.807) is 35.5 Å². The number of rotatable bonds is 5. The Morgan fingerprint density at radius 1 is 1.36 bits per heavy atom. The van der Waals surface area contributed by atoms with Crippen LogP contribution in [-0.2, 0) is 13.6 Å². The normalized spacial score (nSPS) is 12.7. The van der Waals surface area contributed by atoms with Crippen LogP contribution in [0.1, 0.15) is 17.2 Å². The summed E-state index contributed by atoms with van der Waals surface area (Å²) in [6, 6.07) is 8.36. The average Bonchev–Trinajstić information content (AvgIpc) is 3.21. The summed E-state index contributed by atoms with van der Waals surface area (Å²) in [5.41, 5.74) is 2.02. The Kier molecular flexibility index (Phi) is 7.21. The summed E-state index contributed by atoms with van der Waals surface area (Å²) in [4.78, 5) is 4.20. The van der Waals surface area contributed by atoms with Crippen LogP contribution in [0.3, 0.4) is 0 Å². The molecule has 1 unspecified atom stereocenters. The summed E-state index contributed by atoms with van der Waals surface area (Å²) in [5, 5.41) is 24.1. The van der Waals surface area contributed by atoms with Gasteiger partial charge in [0.1, 0.15) is 0 Å². The predicted molar refractivity (Wildman–Crippen MR) is 114 cm³/mol. The molecule has 3 N–H and O–H groups in total. The second kappa shape index (κ2) is 9.16. The number of nitrogens with zero attached hydrogens (tertiary/aromatic N) is 3. The van der Waals surface area contributed by atoms with Crippen molar-refractivity contribution in [2.75, 3.05) is 13.6 Å². The summed E-state index contributed by atoms with van der Waals surface area (Å²) in [6.07, 6.45) is 2.85. The Bertz CT molecular complexity index is 844. The first kappa shape index (κ1) is 19.7. The molecule has 0 spiro atoms. The van der Waals surface area contributed by atoms with Crippen molar-refractivity contribution in [2.24, 2.45) is 12.0 Å². The minimum absolute atomic E-state index is 0. The van der Waals surface area contributed by atoms with Crippen molar-refractivity contribution in [1.29, 1.82) is 0 Å². The first-order valence-corrected chi connectivity index (χ1v) is 8.61. The second-order valence-electron chi connectivity index (χ2n) is 5.53. The van der Waals surface area contributed by atoms with Gasteiger partial charge in [0.05, 0.1) is 12.3 Å². The van der Waals surface area contributed by atoms with E-state index in [9.17, 15) is 5.11 Å². The van der Waals surface area contributed by atoms with Gasteiger partial charge in [0, 0.05) is 43.6 Å². The van der Waals surface area contributed by atoms with E-state index >= 15 is 0 Å². The number of aliphatic hydroxyl groups excluding tert-OH is 1. The fraction of sp³-hybridized carbons (Fsp3) is 0.294. The minimum atomic E-state index is -0.626. The van der Waals surface area contributed by atoms with Gasteiger partial charge in [-0.2, -0.15) is 5.10 Å². The number of guanidine groups is 1. The lowest BCUT2D eigenvalue weighted by Gasteiger charge is -2.14. The van der Waals surface area contributed by atoms with Crippen LogP contribution in [0, 0.1) is 0 Å². The van der Waals surface area contributed by atoms with Gasteiger partial charge in [-0.15, -0.1) is 35.3 Å². The van der Waals surface area contributed by atoms with Crippen molar-refractivity contribution in [3.63, 3.8) is 0 Å². The maximum Gasteiger partial charge on any atom is 0.191 e. The molecule has 2 aromatic heterocycles. The van der Waals surface area contributed by atoms with Gasteiger partial charge in [-0.3, -0.25) is 9.67 Å².